The van der Waals surface area contributed by atoms with Gasteiger partial charge in [-0.2, -0.15) is 0 Å². The highest BCUT2D eigenvalue weighted by Gasteiger charge is 2.20. The zero-order valence-electron chi connectivity index (χ0n) is 14.6. The fourth-order valence-electron chi connectivity index (χ4n) is 2.92. The summed E-state index contributed by atoms with van der Waals surface area (Å²) in [5.41, 5.74) is 0. The molecule has 0 amide bonds. The van der Waals surface area contributed by atoms with Crippen LogP contribution in [0.25, 0.3) is 0 Å². The van der Waals surface area contributed by atoms with Gasteiger partial charge in [0.1, 0.15) is 0 Å². The highest BCUT2D eigenvalue weighted by atomic mass is 127. The molecule has 1 aliphatic carbocycles. The van der Waals surface area contributed by atoms with Gasteiger partial charge in [-0.1, -0.05) is 13.8 Å². The maximum absolute atomic E-state index is 9.58. The number of likely N-dealkylation sites (N-methyl/N-ethyl adjacent to an activating group) is 1. The number of hydrogen-bond acceptors (Lipinski definition) is 3. The lowest BCUT2D eigenvalue weighted by Gasteiger charge is -2.28. The Hall–Kier alpha value is -0.0800. The van der Waals surface area contributed by atoms with Gasteiger partial charge in [-0.15, -0.1) is 24.0 Å². The number of hydrogen-bond donors (Lipinski definition) is 3. The summed E-state index contributed by atoms with van der Waals surface area (Å²) in [4.78, 5) is 7.15. The summed E-state index contributed by atoms with van der Waals surface area (Å²) in [7, 11) is 0. The second-order valence-corrected chi connectivity index (χ2v) is 5.94. The molecule has 0 aromatic heterocycles. The number of rotatable bonds is 7. The number of aliphatic hydroxyl groups excluding tert-OH is 1. The van der Waals surface area contributed by atoms with E-state index in [1.54, 1.807) is 0 Å². The Bertz CT molecular complexity index is 303. The first kappa shape index (κ1) is 21.9. The lowest BCUT2D eigenvalue weighted by Crippen LogP contribution is -2.46. The van der Waals surface area contributed by atoms with E-state index in [4.69, 9.17) is 4.99 Å². The minimum absolute atomic E-state index is 0. The van der Waals surface area contributed by atoms with Gasteiger partial charge >= 0.3 is 0 Å². The maximum atomic E-state index is 9.58. The third kappa shape index (κ3) is 7.97. The molecule has 0 aliphatic heterocycles. The summed E-state index contributed by atoms with van der Waals surface area (Å²) >= 11 is 0. The monoisotopic (exact) mass is 426 g/mol. The van der Waals surface area contributed by atoms with E-state index in [9.17, 15) is 5.11 Å². The Morgan fingerprint density at radius 1 is 1.18 bits per heavy atom. The molecule has 1 aliphatic rings. The summed E-state index contributed by atoms with van der Waals surface area (Å²) < 4.78 is 0. The zero-order chi connectivity index (χ0) is 15.7. The fourth-order valence-corrected chi connectivity index (χ4v) is 2.92. The van der Waals surface area contributed by atoms with Crippen molar-refractivity contribution in [3.8, 4) is 0 Å². The van der Waals surface area contributed by atoms with Gasteiger partial charge in [-0.05, 0) is 52.6 Å². The third-order valence-corrected chi connectivity index (χ3v) is 4.33. The van der Waals surface area contributed by atoms with Crippen LogP contribution < -0.4 is 10.6 Å². The second kappa shape index (κ2) is 12.4. The van der Waals surface area contributed by atoms with E-state index in [1.807, 2.05) is 0 Å². The van der Waals surface area contributed by atoms with Gasteiger partial charge in [-0.25, -0.2) is 0 Å². The van der Waals surface area contributed by atoms with Crippen LogP contribution in [0.2, 0.25) is 0 Å². The summed E-state index contributed by atoms with van der Waals surface area (Å²) in [6.45, 7) is 12.5. The topological polar surface area (TPSA) is 59.9 Å². The van der Waals surface area contributed by atoms with Gasteiger partial charge < -0.3 is 15.7 Å². The Balaban J connectivity index is 0.00000441. The van der Waals surface area contributed by atoms with Crippen LogP contribution in [0.3, 0.4) is 0 Å². The van der Waals surface area contributed by atoms with E-state index >= 15 is 0 Å². The standard InChI is InChI=1S/C16H34N4O.HI/c1-5-17-16(18-12-13(4)20(6-2)7-3)19-14-8-10-15(21)11-9-14;/h13-15,21H,5-12H2,1-4H3,(H2,17,18,19);1H. The first-order chi connectivity index (χ1) is 10.1. The molecule has 0 radical (unpaired) electrons. The van der Waals surface area contributed by atoms with Crippen molar-refractivity contribution in [1.29, 1.82) is 0 Å². The largest absolute Gasteiger partial charge is 0.393 e. The zero-order valence-corrected chi connectivity index (χ0v) is 17.0. The van der Waals surface area contributed by atoms with E-state index in [2.05, 4.69) is 43.2 Å². The molecular weight excluding hydrogens is 391 g/mol. The van der Waals surface area contributed by atoms with E-state index in [-0.39, 0.29) is 30.1 Å². The van der Waals surface area contributed by atoms with E-state index in [0.29, 0.717) is 12.1 Å². The molecule has 1 rings (SSSR count). The molecule has 132 valence electrons. The molecule has 0 aromatic rings. The van der Waals surface area contributed by atoms with Crippen molar-refractivity contribution in [3.63, 3.8) is 0 Å². The average molecular weight is 426 g/mol. The first-order valence-electron chi connectivity index (χ1n) is 8.57. The SMILES string of the molecule is CCNC(=NCC(C)N(CC)CC)NC1CCC(O)CC1.I. The quantitative estimate of drug-likeness (QED) is 0.332. The van der Waals surface area contributed by atoms with Crippen LogP contribution in [0, 0.1) is 0 Å². The Morgan fingerprint density at radius 3 is 2.27 bits per heavy atom. The number of aliphatic imine (C=N–C) groups is 1. The molecule has 22 heavy (non-hydrogen) atoms. The van der Waals surface area contributed by atoms with Crippen molar-refractivity contribution in [2.75, 3.05) is 26.2 Å². The average Bonchev–Trinajstić information content (AvgIpc) is 2.48. The summed E-state index contributed by atoms with van der Waals surface area (Å²) in [6, 6.07) is 0.901. The van der Waals surface area contributed by atoms with Gasteiger partial charge in [0.05, 0.1) is 12.6 Å². The van der Waals surface area contributed by atoms with Crippen LogP contribution >= 0.6 is 24.0 Å². The number of halogens is 1. The number of guanidine groups is 1. The second-order valence-electron chi connectivity index (χ2n) is 5.94. The smallest absolute Gasteiger partial charge is 0.191 e. The molecule has 0 saturated heterocycles. The third-order valence-electron chi connectivity index (χ3n) is 4.33. The molecule has 3 N–H and O–H groups in total. The Morgan fingerprint density at radius 2 is 1.77 bits per heavy atom. The first-order valence-corrected chi connectivity index (χ1v) is 8.57. The predicted octanol–water partition coefficient (Wildman–Crippen LogP) is 2.19. The van der Waals surface area contributed by atoms with Crippen molar-refractivity contribution < 1.29 is 5.11 Å². The van der Waals surface area contributed by atoms with Crippen LogP contribution in [-0.4, -0.2) is 60.3 Å². The van der Waals surface area contributed by atoms with Crippen LogP contribution in [0.1, 0.15) is 53.4 Å². The minimum atomic E-state index is -0.106. The number of nitrogens with one attached hydrogen (secondary N) is 2. The lowest BCUT2D eigenvalue weighted by molar-refractivity contribution is 0.120. The van der Waals surface area contributed by atoms with Gasteiger partial charge in [0.2, 0.25) is 0 Å². The van der Waals surface area contributed by atoms with Gasteiger partial charge in [-0.3, -0.25) is 9.89 Å². The highest BCUT2D eigenvalue weighted by Crippen LogP contribution is 2.18. The maximum Gasteiger partial charge on any atom is 0.191 e. The normalized spacial score (nSPS) is 23.8. The van der Waals surface area contributed by atoms with Crippen LogP contribution in [0.4, 0.5) is 0 Å². The molecule has 0 aromatic carbocycles. The fraction of sp³-hybridized carbons (Fsp3) is 0.938. The molecule has 0 heterocycles. The Kier molecular flexibility index (Phi) is 12.3. The van der Waals surface area contributed by atoms with Crippen molar-refractivity contribution in [2.24, 2.45) is 4.99 Å². The van der Waals surface area contributed by atoms with Crippen LogP contribution in [-0.2, 0) is 0 Å². The summed E-state index contributed by atoms with van der Waals surface area (Å²) in [5, 5.41) is 16.4. The minimum Gasteiger partial charge on any atom is -0.393 e. The molecule has 0 spiro atoms. The summed E-state index contributed by atoms with van der Waals surface area (Å²) in [6.07, 6.45) is 3.74. The molecule has 1 unspecified atom stereocenters. The predicted molar refractivity (Wildman–Crippen MR) is 105 cm³/mol. The molecule has 6 heteroatoms. The molecule has 1 atom stereocenters. The highest BCUT2D eigenvalue weighted by molar-refractivity contribution is 14.0. The van der Waals surface area contributed by atoms with Gasteiger partial charge in [0.25, 0.3) is 0 Å². The molecule has 1 fully saturated rings. The van der Waals surface area contributed by atoms with Crippen molar-refractivity contribution in [1.82, 2.24) is 15.5 Å². The van der Waals surface area contributed by atoms with Gasteiger partial charge in [0, 0.05) is 18.6 Å². The molecular formula is C16H35IN4O. The summed E-state index contributed by atoms with van der Waals surface area (Å²) in [5.74, 6) is 0.915. The van der Waals surface area contributed by atoms with Crippen LogP contribution in [0.15, 0.2) is 4.99 Å². The van der Waals surface area contributed by atoms with Crippen molar-refractivity contribution in [3.05, 3.63) is 0 Å². The Labute approximate surface area is 153 Å². The molecule has 5 nitrogen and oxygen atoms in total. The van der Waals surface area contributed by atoms with Gasteiger partial charge in [0.15, 0.2) is 5.96 Å². The van der Waals surface area contributed by atoms with E-state index < -0.39 is 0 Å². The molecule has 1 saturated carbocycles. The lowest BCUT2D eigenvalue weighted by atomic mass is 9.93. The number of nitrogens with zero attached hydrogens (tertiary/aromatic N) is 2. The van der Waals surface area contributed by atoms with E-state index in [0.717, 1.165) is 57.8 Å². The van der Waals surface area contributed by atoms with Crippen molar-refractivity contribution in [2.45, 2.75) is 71.6 Å². The molecule has 0 bridgehead atoms. The number of aliphatic hydroxyl groups is 1. The van der Waals surface area contributed by atoms with E-state index in [1.165, 1.54) is 0 Å². The van der Waals surface area contributed by atoms with Crippen molar-refractivity contribution >= 4 is 29.9 Å². The van der Waals surface area contributed by atoms with Crippen LogP contribution in [0.5, 0.6) is 0 Å².